The fourth-order valence-electron chi connectivity index (χ4n) is 2.75. The van der Waals surface area contributed by atoms with Crippen LogP contribution in [0.2, 0.25) is 0 Å². The van der Waals surface area contributed by atoms with Gasteiger partial charge in [-0.25, -0.2) is 4.79 Å². The fourth-order valence-corrected chi connectivity index (χ4v) is 2.75. The molecule has 1 aromatic rings. The van der Waals surface area contributed by atoms with E-state index in [4.69, 9.17) is 9.47 Å². The summed E-state index contributed by atoms with van der Waals surface area (Å²) in [6, 6.07) is 5.90. The normalized spacial score (nSPS) is 14.7. The number of urea groups is 1. The van der Waals surface area contributed by atoms with Crippen molar-refractivity contribution in [1.29, 1.82) is 0 Å². The third-order valence-electron chi connectivity index (χ3n) is 4.20. The van der Waals surface area contributed by atoms with E-state index in [0.717, 1.165) is 29.9 Å². The van der Waals surface area contributed by atoms with Crippen molar-refractivity contribution in [2.75, 3.05) is 13.2 Å². The molecular weight excluding hydrogens is 292 g/mol. The van der Waals surface area contributed by atoms with Crippen LogP contribution in [-0.2, 0) is 0 Å². The molecule has 1 aliphatic heterocycles. The number of ether oxygens (including phenoxy) is 2. The molecule has 128 valence electrons. The van der Waals surface area contributed by atoms with Crippen LogP contribution in [0.4, 0.5) is 4.79 Å². The molecule has 2 rings (SSSR count). The van der Waals surface area contributed by atoms with Gasteiger partial charge in [-0.1, -0.05) is 33.8 Å². The number of fused-ring (bicyclic) bond motifs is 1. The van der Waals surface area contributed by atoms with Gasteiger partial charge in [0.1, 0.15) is 13.2 Å². The van der Waals surface area contributed by atoms with Crippen LogP contribution in [0.1, 0.15) is 52.1 Å². The molecule has 1 aromatic carbocycles. The number of carbonyl (C=O) groups is 1. The Kier molecular flexibility index (Phi) is 6.13. The van der Waals surface area contributed by atoms with Gasteiger partial charge in [-0.05, 0) is 36.5 Å². The molecule has 1 unspecified atom stereocenters. The van der Waals surface area contributed by atoms with E-state index < -0.39 is 0 Å². The molecule has 0 fully saturated rings. The third-order valence-corrected chi connectivity index (χ3v) is 4.20. The summed E-state index contributed by atoms with van der Waals surface area (Å²) in [5.74, 6) is 1.79. The number of rotatable bonds is 6. The van der Waals surface area contributed by atoms with Crippen molar-refractivity contribution in [2.45, 2.75) is 52.6 Å². The second-order valence-electron chi connectivity index (χ2n) is 6.26. The van der Waals surface area contributed by atoms with Gasteiger partial charge in [0.25, 0.3) is 0 Å². The Morgan fingerprint density at radius 3 is 2.35 bits per heavy atom. The molecule has 0 spiro atoms. The Morgan fingerprint density at radius 2 is 1.74 bits per heavy atom. The summed E-state index contributed by atoms with van der Waals surface area (Å²) in [4.78, 5) is 12.3. The number of hydrogen-bond acceptors (Lipinski definition) is 3. The van der Waals surface area contributed by atoms with Gasteiger partial charge in [0.15, 0.2) is 11.5 Å². The molecule has 2 N–H and O–H groups in total. The van der Waals surface area contributed by atoms with Gasteiger partial charge in [-0.2, -0.15) is 0 Å². The maximum absolute atomic E-state index is 12.3. The average Bonchev–Trinajstić information content (AvgIpc) is 2.56. The highest BCUT2D eigenvalue weighted by Gasteiger charge is 2.22. The number of benzene rings is 1. The van der Waals surface area contributed by atoms with Crippen LogP contribution < -0.4 is 20.1 Å². The monoisotopic (exact) mass is 320 g/mol. The second kappa shape index (κ2) is 8.09. The molecule has 0 bridgehead atoms. The first-order valence-corrected chi connectivity index (χ1v) is 8.51. The van der Waals surface area contributed by atoms with E-state index in [1.165, 1.54) is 0 Å². The van der Waals surface area contributed by atoms with Gasteiger partial charge in [0.2, 0.25) is 0 Å². The maximum atomic E-state index is 12.3. The minimum absolute atomic E-state index is 0.0693. The SMILES string of the molecule is CCC(CC)NC(=O)NC(c1ccc2c(c1)OCCO2)C(C)C. The highest BCUT2D eigenvalue weighted by Crippen LogP contribution is 2.34. The van der Waals surface area contributed by atoms with Crippen LogP contribution in [0.25, 0.3) is 0 Å². The Bertz CT molecular complexity index is 527. The second-order valence-corrected chi connectivity index (χ2v) is 6.26. The van der Waals surface area contributed by atoms with E-state index in [9.17, 15) is 4.79 Å². The number of hydrogen-bond donors (Lipinski definition) is 2. The van der Waals surface area contributed by atoms with Gasteiger partial charge in [-0.15, -0.1) is 0 Å². The predicted octanol–water partition coefficient (Wildman–Crippen LogP) is 3.64. The lowest BCUT2D eigenvalue weighted by molar-refractivity contribution is 0.171. The first-order chi connectivity index (χ1) is 11.0. The Balaban J connectivity index is 2.10. The van der Waals surface area contributed by atoms with Crippen molar-refractivity contribution in [3.05, 3.63) is 23.8 Å². The van der Waals surface area contributed by atoms with Crippen LogP contribution >= 0.6 is 0 Å². The van der Waals surface area contributed by atoms with E-state index >= 15 is 0 Å². The molecule has 2 amide bonds. The van der Waals surface area contributed by atoms with E-state index in [-0.39, 0.29) is 24.0 Å². The number of amides is 2. The minimum Gasteiger partial charge on any atom is -0.486 e. The first-order valence-electron chi connectivity index (χ1n) is 8.51. The molecule has 23 heavy (non-hydrogen) atoms. The van der Waals surface area contributed by atoms with Crippen LogP contribution in [0.15, 0.2) is 18.2 Å². The van der Waals surface area contributed by atoms with Gasteiger partial charge in [0.05, 0.1) is 6.04 Å². The molecule has 1 heterocycles. The number of carbonyl (C=O) groups excluding carboxylic acids is 1. The lowest BCUT2D eigenvalue weighted by Crippen LogP contribution is -2.44. The quantitative estimate of drug-likeness (QED) is 0.841. The lowest BCUT2D eigenvalue weighted by Gasteiger charge is -2.26. The van der Waals surface area contributed by atoms with Crippen molar-refractivity contribution >= 4 is 6.03 Å². The predicted molar refractivity (Wildman–Crippen MR) is 91.0 cm³/mol. The zero-order valence-electron chi connectivity index (χ0n) is 14.5. The van der Waals surface area contributed by atoms with Crippen molar-refractivity contribution in [3.63, 3.8) is 0 Å². The average molecular weight is 320 g/mol. The van der Waals surface area contributed by atoms with Crippen molar-refractivity contribution in [1.82, 2.24) is 10.6 Å². The highest BCUT2D eigenvalue weighted by molar-refractivity contribution is 5.74. The largest absolute Gasteiger partial charge is 0.486 e. The van der Waals surface area contributed by atoms with Gasteiger partial charge in [0, 0.05) is 6.04 Å². The van der Waals surface area contributed by atoms with Crippen LogP contribution in [0, 0.1) is 5.92 Å². The smallest absolute Gasteiger partial charge is 0.315 e. The summed E-state index contributed by atoms with van der Waals surface area (Å²) in [5.41, 5.74) is 1.03. The van der Waals surface area contributed by atoms with Crippen LogP contribution in [0.3, 0.4) is 0 Å². The highest BCUT2D eigenvalue weighted by atomic mass is 16.6. The summed E-state index contributed by atoms with van der Waals surface area (Å²) in [7, 11) is 0. The molecule has 5 heteroatoms. The van der Waals surface area contributed by atoms with Gasteiger partial charge >= 0.3 is 6.03 Å². The molecule has 5 nitrogen and oxygen atoms in total. The molecular formula is C18H28N2O3. The molecule has 0 saturated carbocycles. The summed E-state index contributed by atoms with van der Waals surface area (Å²) < 4.78 is 11.2. The maximum Gasteiger partial charge on any atom is 0.315 e. The number of nitrogens with one attached hydrogen (secondary N) is 2. The summed E-state index contributed by atoms with van der Waals surface area (Å²) in [6.45, 7) is 9.49. The van der Waals surface area contributed by atoms with E-state index in [1.54, 1.807) is 0 Å². The van der Waals surface area contributed by atoms with Crippen molar-refractivity contribution < 1.29 is 14.3 Å². The standard InChI is InChI=1S/C18H28N2O3/c1-5-14(6-2)19-18(21)20-17(12(3)4)13-7-8-15-16(11-13)23-10-9-22-15/h7-8,11-12,14,17H,5-6,9-10H2,1-4H3,(H2,19,20,21). The molecule has 0 aromatic heterocycles. The van der Waals surface area contributed by atoms with Crippen molar-refractivity contribution in [3.8, 4) is 11.5 Å². The molecule has 1 atom stereocenters. The molecule has 0 radical (unpaired) electrons. The molecule has 1 aliphatic rings. The molecule has 0 aliphatic carbocycles. The van der Waals surface area contributed by atoms with E-state index in [1.807, 2.05) is 18.2 Å². The summed E-state index contributed by atoms with van der Waals surface area (Å²) in [5, 5.41) is 6.12. The van der Waals surface area contributed by atoms with Crippen molar-refractivity contribution in [2.24, 2.45) is 5.92 Å². The summed E-state index contributed by atoms with van der Waals surface area (Å²) in [6.07, 6.45) is 1.86. The summed E-state index contributed by atoms with van der Waals surface area (Å²) >= 11 is 0. The Hall–Kier alpha value is -1.91. The third kappa shape index (κ3) is 4.53. The van der Waals surface area contributed by atoms with Gasteiger partial charge < -0.3 is 20.1 Å². The fraction of sp³-hybridized carbons (Fsp3) is 0.611. The minimum atomic E-state index is -0.118. The van der Waals surface area contributed by atoms with Crippen LogP contribution in [-0.4, -0.2) is 25.3 Å². The zero-order chi connectivity index (χ0) is 16.8. The van der Waals surface area contributed by atoms with Crippen LogP contribution in [0.5, 0.6) is 11.5 Å². The topological polar surface area (TPSA) is 59.6 Å². The van der Waals surface area contributed by atoms with E-state index in [0.29, 0.717) is 13.2 Å². The zero-order valence-corrected chi connectivity index (χ0v) is 14.5. The Labute approximate surface area is 138 Å². The molecule has 0 saturated heterocycles. The first kappa shape index (κ1) is 17.4. The lowest BCUT2D eigenvalue weighted by atomic mass is 9.95. The Morgan fingerprint density at radius 1 is 1.09 bits per heavy atom. The van der Waals surface area contributed by atoms with E-state index in [2.05, 4.69) is 38.3 Å². The van der Waals surface area contributed by atoms with Gasteiger partial charge in [-0.3, -0.25) is 0 Å².